The molecule has 1 fully saturated rings. The second kappa shape index (κ2) is 9.31. The van der Waals surface area contributed by atoms with Crippen molar-refractivity contribution >= 4 is 11.8 Å². The normalized spacial score (nSPS) is 16.7. The molecule has 4 nitrogen and oxygen atoms in total. The Bertz CT molecular complexity index is 698. The maximum Gasteiger partial charge on any atom is 0.165 e. The van der Waals surface area contributed by atoms with E-state index < -0.39 is 0 Å². The minimum atomic E-state index is 0.149. The van der Waals surface area contributed by atoms with Gasteiger partial charge in [-0.3, -0.25) is 4.90 Å². The van der Waals surface area contributed by atoms with Crippen LogP contribution >= 0.6 is 11.8 Å². The Morgan fingerprint density at radius 1 is 1.00 bits per heavy atom. The van der Waals surface area contributed by atoms with E-state index in [1.165, 1.54) is 10.5 Å². The number of hydrogen-bond acceptors (Lipinski definition) is 5. The summed E-state index contributed by atoms with van der Waals surface area (Å²) in [5, 5.41) is 3.50. The summed E-state index contributed by atoms with van der Waals surface area (Å²) in [5.41, 5.74) is 2.45. The minimum absolute atomic E-state index is 0.149. The van der Waals surface area contributed by atoms with Crippen molar-refractivity contribution in [3.05, 3.63) is 53.6 Å². The van der Waals surface area contributed by atoms with Crippen molar-refractivity contribution in [1.29, 1.82) is 0 Å². The Kier molecular flexibility index (Phi) is 6.83. The average molecular weight is 373 g/mol. The van der Waals surface area contributed by atoms with Gasteiger partial charge in [0.2, 0.25) is 0 Å². The van der Waals surface area contributed by atoms with Gasteiger partial charge in [-0.05, 0) is 43.0 Å². The Morgan fingerprint density at radius 2 is 1.81 bits per heavy atom. The van der Waals surface area contributed by atoms with Crippen LogP contribution in [0, 0.1) is 0 Å². The molecular weight excluding hydrogens is 344 g/mol. The lowest BCUT2D eigenvalue weighted by Crippen LogP contribution is -2.33. The molecule has 2 aromatic carbocycles. The third kappa shape index (κ3) is 4.17. The molecule has 1 aliphatic rings. The molecule has 2 aromatic rings. The predicted octanol–water partition coefficient (Wildman–Crippen LogP) is 3.81. The van der Waals surface area contributed by atoms with E-state index in [1.54, 1.807) is 26.0 Å². The van der Waals surface area contributed by atoms with Crippen LogP contribution in [0.3, 0.4) is 0 Å². The highest BCUT2D eigenvalue weighted by Gasteiger charge is 2.27. The second-order valence-corrected chi connectivity index (χ2v) is 7.28. The zero-order chi connectivity index (χ0) is 18.4. The molecule has 1 heterocycles. The fourth-order valence-electron chi connectivity index (χ4n) is 3.63. The second-order valence-electron chi connectivity index (χ2n) is 6.40. The first-order valence-corrected chi connectivity index (χ1v) is 10.3. The lowest BCUT2D eigenvalue weighted by Gasteiger charge is -2.32. The van der Waals surface area contributed by atoms with E-state index in [9.17, 15) is 0 Å². The summed E-state index contributed by atoms with van der Waals surface area (Å²) in [4.78, 5) is 3.83. The minimum Gasteiger partial charge on any atom is -0.493 e. The standard InChI is InChI=1S/C21H28N2O2S/c1-24-19-7-4-6-18(21(19)25-2)20(23-14-5-12-22-13-15-23)16-8-10-17(26-3)11-9-16/h4,6-11,20,22H,5,12-15H2,1-3H3. The van der Waals surface area contributed by atoms with E-state index in [1.807, 2.05) is 6.07 Å². The van der Waals surface area contributed by atoms with Gasteiger partial charge in [-0.1, -0.05) is 24.3 Å². The molecule has 0 aromatic heterocycles. The summed E-state index contributed by atoms with van der Waals surface area (Å²) in [6.45, 7) is 4.15. The van der Waals surface area contributed by atoms with Crippen LogP contribution in [0.4, 0.5) is 0 Å². The molecule has 3 rings (SSSR count). The molecule has 1 aliphatic heterocycles. The summed E-state index contributed by atoms with van der Waals surface area (Å²) in [6.07, 6.45) is 3.25. The fraction of sp³-hybridized carbons (Fsp3) is 0.429. The number of nitrogens with one attached hydrogen (secondary N) is 1. The molecule has 1 saturated heterocycles. The molecule has 0 radical (unpaired) electrons. The Hall–Kier alpha value is -1.69. The van der Waals surface area contributed by atoms with Crippen LogP contribution in [0.2, 0.25) is 0 Å². The molecule has 26 heavy (non-hydrogen) atoms. The zero-order valence-corrected chi connectivity index (χ0v) is 16.6. The number of nitrogens with zero attached hydrogens (tertiary/aromatic N) is 1. The van der Waals surface area contributed by atoms with Gasteiger partial charge in [-0.15, -0.1) is 11.8 Å². The monoisotopic (exact) mass is 372 g/mol. The Morgan fingerprint density at radius 3 is 2.50 bits per heavy atom. The van der Waals surface area contributed by atoms with Crippen LogP contribution in [-0.4, -0.2) is 51.6 Å². The summed E-state index contributed by atoms with van der Waals surface area (Å²) in [7, 11) is 3.42. The maximum absolute atomic E-state index is 5.77. The van der Waals surface area contributed by atoms with E-state index in [-0.39, 0.29) is 6.04 Å². The number of ether oxygens (including phenoxy) is 2. The van der Waals surface area contributed by atoms with Gasteiger partial charge in [0.05, 0.1) is 20.3 Å². The third-order valence-corrected chi connectivity index (χ3v) is 5.64. The summed E-state index contributed by atoms with van der Waals surface area (Å²) in [6, 6.07) is 15.2. The number of benzene rings is 2. The molecule has 0 aliphatic carbocycles. The summed E-state index contributed by atoms with van der Waals surface area (Å²) < 4.78 is 11.3. The van der Waals surface area contributed by atoms with Gasteiger partial charge in [0.25, 0.3) is 0 Å². The van der Waals surface area contributed by atoms with E-state index in [2.05, 4.69) is 52.9 Å². The Balaban J connectivity index is 2.07. The number of methoxy groups -OCH3 is 2. The summed E-state index contributed by atoms with van der Waals surface area (Å²) in [5.74, 6) is 1.61. The largest absolute Gasteiger partial charge is 0.493 e. The number of rotatable bonds is 6. The molecular formula is C21H28N2O2S. The van der Waals surface area contributed by atoms with Crippen molar-refractivity contribution in [3.63, 3.8) is 0 Å². The number of hydrogen-bond donors (Lipinski definition) is 1. The van der Waals surface area contributed by atoms with Crippen molar-refractivity contribution < 1.29 is 9.47 Å². The summed E-state index contributed by atoms with van der Waals surface area (Å²) >= 11 is 1.77. The number of thioether (sulfide) groups is 1. The average Bonchev–Trinajstić information content (AvgIpc) is 2.98. The van der Waals surface area contributed by atoms with Crippen molar-refractivity contribution in [1.82, 2.24) is 10.2 Å². The topological polar surface area (TPSA) is 33.7 Å². The predicted molar refractivity (Wildman–Crippen MR) is 109 cm³/mol. The van der Waals surface area contributed by atoms with Crippen LogP contribution in [0.25, 0.3) is 0 Å². The van der Waals surface area contributed by atoms with E-state index in [0.29, 0.717) is 0 Å². The molecule has 0 bridgehead atoms. The van der Waals surface area contributed by atoms with Crippen LogP contribution < -0.4 is 14.8 Å². The van der Waals surface area contributed by atoms with Crippen molar-refractivity contribution in [2.24, 2.45) is 0 Å². The van der Waals surface area contributed by atoms with E-state index >= 15 is 0 Å². The smallest absolute Gasteiger partial charge is 0.165 e. The lowest BCUT2D eigenvalue weighted by molar-refractivity contribution is 0.234. The SMILES string of the molecule is COc1cccc(C(c2ccc(SC)cc2)N2CCCNCC2)c1OC. The first-order chi connectivity index (χ1) is 12.8. The molecule has 1 N–H and O–H groups in total. The van der Waals surface area contributed by atoms with Crippen LogP contribution in [0.15, 0.2) is 47.4 Å². The van der Waals surface area contributed by atoms with Gasteiger partial charge < -0.3 is 14.8 Å². The van der Waals surface area contributed by atoms with Gasteiger partial charge in [0, 0.05) is 30.1 Å². The van der Waals surface area contributed by atoms with Gasteiger partial charge in [0.1, 0.15) is 0 Å². The molecule has 1 unspecified atom stereocenters. The van der Waals surface area contributed by atoms with Crippen LogP contribution in [0.5, 0.6) is 11.5 Å². The fourth-order valence-corrected chi connectivity index (χ4v) is 4.03. The van der Waals surface area contributed by atoms with Gasteiger partial charge in [-0.2, -0.15) is 0 Å². The van der Waals surface area contributed by atoms with Gasteiger partial charge in [-0.25, -0.2) is 0 Å². The highest BCUT2D eigenvalue weighted by atomic mass is 32.2. The van der Waals surface area contributed by atoms with E-state index in [4.69, 9.17) is 9.47 Å². The highest BCUT2D eigenvalue weighted by Crippen LogP contribution is 2.40. The quantitative estimate of drug-likeness (QED) is 0.780. The molecule has 0 amide bonds. The molecule has 0 spiro atoms. The molecule has 140 valence electrons. The zero-order valence-electron chi connectivity index (χ0n) is 15.8. The third-order valence-electron chi connectivity index (χ3n) is 4.90. The number of para-hydroxylation sites is 1. The molecule has 0 saturated carbocycles. The first kappa shape index (κ1) is 19.1. The van der Waals surface area contributed by atoms with Crippen molar-refractivity contribution in [2.75, 3.05) is 46.7 Å². The molecule has 1 atom stereocenters. The molecule has 5 heteroatoms. The lowest BCUT2D eigenvalue weighted by atomic mass is 9.95. The van der Waals surface area contributed by atoms with Crippen LogP contribution in [0.1, 0.15) is 23.6 Å². The van der Waals surface area contributed by atoms with Gasteiger partial charge in [0.15, 0.2) is 11.5 Å². The Labute approximate surface area is 160 Å². The van der Waals surface area contributed by atoms with Gasteiger partial charge >= 0.3 is 0 Å². The van der Waals surface area contributed by atoms with E-state index in [0.717, 1.165) is 49.7 Å². The first-order valence-electron chi connectivity index (χ1n) is 9.08. The maximum atomic E-state index is 5.77. The highest BCUT2D eigenvalue weighted by molar-refractivity contribution is 7.98. The van der Waals surface area contributed by atoms with Crippen molar-refractivity contribution in [2.45, 2.75) is 17.4 Å². The van der Waals surface area contributed by atoms with Crippen LogP contribution in [-0.2, 0) is 0 Å². The van der Waals surface area contributed by atoms with Crippen molar-refractivity contribution in [3.8, 4) is 11.5 Å².